The van der Waals surface area contributed by atoms with Crippen LogP contribution in [0.5, 0.6) is 5.75 Å². The van der Waals surface area contributed by atoms with Gasteiger partial charge in [0.2, 0.25) is 0 Å². The number of carbonyl (C=O) groups excluding carboxylic acids is 1. The van der Waals surface area contributed by atoms with E-state index in [-0.39, 0.29) is 17.9 Å². The van der Waals surface area contributed by atoms with E-state index >= 15 is 0 Å². The molecule has 0 atom stereocenters. The number of aryl methyl sites for hydroxylation is 1. The van der Waals surface area contributed by atoms with Crippen molar-refractivity contribution in [1.82, 2.24) is 9.78 Å². The lowest BCUT2D eigenvalue weighted by Gasteiger charge is -2.11. The fourth-order valence-corrected chi connectivity index (χ4v) is 2.72. The largest absolute Gasteiger partial charge is 0.496 e. The highest BCUT2D eigenvalue weighted by Gasteiger charge is 2.17. The van der Waals surface area contributed by atoms with Gasteiger partial charge in [-0.25, -0.2) is 9.48 Å². The third-order valence-corrected chi connectivity index (χ3v) is 3.99. The lowest BCUT2D eigenvalue weighted by atomic mass is 10.1. The summed E-state index contributed by atoms with van der Waals surface area (Å²) in [7, 11) is 3.02. The first-order chi connectivity index (χ1) is 12.0. The number of aromatic nitrogens is 2. The summed E-state index contributed by atoms with van der Waals surface area (Å²) in [6.07, 6.45) is 0. The Kier molecular flexibility index (Phi) is 4.72. The van der Waals surface area contributed by atoms with Gasteiger partial charge in [-0.05, 0) is 24.3 Å². The van der Waals surface area contributed by atoms with E-state index in [0.717, 1.165) is 4.68 Å². The second-order valence-corrected chi connectivity index (χ2v) is 5.79. The van der Waals surface area contributed by atoms with E-state index in [1.54, 1.807) is 42.5 Å². The third-order valence-electron chi connectivity index (χ3n) is 3.75. The number of benzene rings is 2. The van der Waals surface area contributed by atoms with Crippen LogP contribution in [0.3, 0.4) is 0 Å². The maximum atomic E-state index is 12.5. The summed E-state index contributed by atoms with van der Waals surface area (Å²) in [4.78, 5) is 24.6. The van der Waals surface area contributed by atoms with Gasteiger partial charge in [-0.2, -0.15) is 5.10 Å². The fraction of sp³-hybridized carbons (Fsp3) is 0.167. The summed E-state index contributed by atoms with van der Waals surface area (Å²) in [5.74, 6) is -0.0655. The molecule has 0 radical (unpaired) electrons. The van der Waals surface area contributed by atoms with Gasteiger partial charge in [0.15, 0.2) is 5.69 Å². The Morgan fingerprint density at radius 3 is 2.64 bits per heavy atom. The SMILES string of the molecule is COc1ccc(Cl)cc1COC(=O)c1nn(C)c(=O)c2ccccc12. The average Bonchev–Trinajstić information content (AvgIpc) is 2.63. The van der Waals surface area contributed by atoms with E-state index in [2.05, 4.69) is 5.10 Å². The summed E-state index contributed by atoms with van der Waals surface area (Å²) in [6, 6.07) is 11.8. The van der Waals surface area contributed by atoms with Crippen LogP contribution in [0.15, 0.2) is 47.3 Å². The first-order valence-corrected chi connectivity index (χ1v) is 7.84. The summed E-state index contributed by atoms with van der Waals surface area (Å²) in [5.41, 5.74) is 0.444. The molecule has 128 valence electrons. The number of fused-ring (bicyclic) bond motifs is 1. The fourth-order valence-electron chi connectivity index (χ4n) is 2.52. The van der Waals surface area contributed by atoms with E-state index in [4.69, 9.17) is 21.1 Å². The van der Waals surface area contributed by atoms with Gasteiger partial charge in [0.05, 0.1) is 12.5 Å². The molecular weight excluding hydrogens is 344 g/mol. The quantitative estimate of drug-likeness (QED) is 0.670. The number of hydrogen-bond donors (Lipinski definition) is 0. The van der Waals surface area contributed by atoms with E-state index < -0.39 is 5.97 Å². The van der Waals surface area contributed by atoms with E-state index in [9.17, 15) is 9.59 Å². The summed E-state index contributed by atoms with van der Waals surface area (Å²) < 4.78 is 11.7. The van der Waals surface area contributed by atoms with E-state index in [0.29, 0.717) is 27.1 Å². The number of ether oxygens (including phenoxy) is 2. The Labute approximate surface area is 148 Å². The predicted octanol–water partition coefficient (Wildman–Crippen LogP) is 2.95. The number of halogens is 1. The van der Waals surface area contributed by atoms with Gasteiger partial charge >= 0.3 is 5.97 Å². The highest BCUT2D eigenvalue weighted by Crippen LogP contribution is 2.24. The van der Waals surface area contributed by atoms with Crippen molar-refractivity contribution in [2.75, 3.05) is 7.11 Å². The van der Waals surface area contributed by atoms with Crippen LogP contribution in [0.25, 0.3) is 10.8 Å². The van der Waals surface area contributed by atoms with Gasteiger partial charge in [0, 0.05) is 23.0 Å². The molecule has 2 aromatic carbocycles. The van der Waals surface area contributed by atoms with Crippen LogP contribution < -0.4 is 10.3 Å². The number of hydrogen-bond acceptors (Lipinski definition) is 5. The zero-order valence-electron chi connectivity index (χ0n) is 13.7. The highest BCUT2D eigenvalue weighted by molar-refractivity contribution is 6.30. The molecule has 0 spiro atoms. The van der Waals surface area contributed by atoms with Crippen LogP contribution in [-0.2, 0) is 18.4 Å². The molecule has 3 rings (SSSR count). The van der Waals surface area contributed by atoms with Crippen molar-refractivity contribution in [3.63, 3.8) is 0 Å². The van der Waals surface area contributed by atoms with Crippen molar-refractivity contribution < 1.29 is 14.3 Å². The first kappa shape index (κ1) is 17.0. The molecule has 0 saturated carbocycles. The lowest BCUT2D eigenvalue weighted by molar-refractivity contribution is 0.0463. The second-order valence-electron chi connectivity index (χ2n) is 5.36. The molecule has 7 heteroatoms. The molecule has 0 bridgehead atoms. The lowest BCUT2D eigenvalue weighted by Crippen LogP contribution is -2.23. The minimum Gasteiger partial charge on any atom is -0.496 e. The minimum atomic E-state index is -0.631. The van der Waals surface area contributed by atoms with Crippen molar-refractivity contribution in [1.29, 1.82) is 0 Å². The van der Waals surface area contributed by atoms with E-state index in [1.807, 2.05) is 0 Å². The van der Waals surface area contributed by atoms with Gasteiger partial charge in [-0.1, -0.05) is 29.8 Å². The standard InChI is InChI=1S/C18H15ClN2O4/c1-21-17(22)14-6-4-3-5-13(14)16(20-21)18(23)25-10-11-9-12(19)7-8-15(11)24-2/h3-9H,10H2,1-2H3. The average molecular weight is 359 g/mol. The molecule has 6 nitrogen and oxygen atoms in total. The molecule has 3 aromatic rings. The van der Waals surface area contributed by atoms with Gasteiger partial charge in [-0.3, -0.25) is 4.79 Å². The molecular formula is C18H15ClN2O4. The summed E-state index contributed by atoms with van der Waals surface area (Å²) in [6.45, 7) is -0.0264. The molecule has 25 heavy (non-hydrogen) atoms. The van der Waals surface area contributed by atoms with Crippen molar-refractivity contribution in [3.8, 4) is 5.75 Å². The number of esters is 1. The monoisotopic (exact) mass is 358 g/mol. The molecule has 0 unspecified atom stereocenters. The highest BCUT2D eigenvalue weighted by atomic mass is 35.5. The van der Waals surface area contributed by atoms with Crippen LogP contribution in [0, 0.1) is 0 Å². The Balaban J connectivity index is 1.93. The van der Waals surface area contributed by atoms with Crippen LogP contribution in [0.1, 0.15) is 16.1 Å². The Bertz CT molecular complexity index is 1010. The number of methoxy groups -OCH3 is 1. The number of nitrogens with zero attached hydrogens (tertiary/aromatic N) is 2. The van der Waals surface area contributed by atoms with Crippen LogP contribution in [-0.4, -0.2) is 22.9 Å². The van der Waals surface area contributed by atoms with Crippen LogP contribution in [0.2, 0.25) is 5.02 Å². The maximum Gasteiger partial charge on any atom is 0.359 e. The van der Waals surface area contributed by atoms with Gasteiger partial charge in [-0.15, -0.1) is 0 Å². The second kappa shape index (κ2) is 6.94. The zero-order valence-corrected chi connectivity index (χ0v) is 14.4. The maximum absolute atomic E-state index is 12.5. The van der Waals surface area contributed by atoms with Crippen LogP contribution in [0.4, 0.5) is 0 Å². The molecule has 0 saturated heterocycles. The zero-order chi connectivity index (χ0) is 18.0. The van der Waals surface area contributed by atoms with Crippen molar-refractivity contribution in [3.05, 3.63) is 69.1 Å². The Hall–Kier alpha value is -2.86. The molecule has 0 amide bonds. The summed E-state index contributed by atoms with van der Waals surface area (Å²) >= 11 is 5.98. The molecule has 0 aliphatic carbocycles. The normalized spacial score (nSPS) is 10.7. The van der Waals surface area contributed by atoms with Gasteiger partial charge < -0.3 is 9.47 Å². The Morgan fingerprint density at radius 2 is 1.92 bits per heavy atom. The molecule has 0 N–H and O–H groups in total. The number of rotatable bonds is 4. The van der Waals surface area contributed by atoms with Gasteiger partial charge in [0.1, 0.15) is 12.4 Å². The molecule has 1 aromatic heterocycles. The smallest absolute Gasteiger partial charge is 0.359 e. The number of carbonyl (C=O) groups is 1. The predicted molar refractivity (Wildman–Crippen MR) is 94.1 cm³/mol. The molecule has 0 aliphatic rings. The Morgan fingerprint density at radius 1 is 1.20 bits per heavy atom. The van der Waals surface area contributed by atoms with Crippen molar-refractivity contribution >= 4 is 28.3 Å². The molecule has 0 aliphatic heterocycles. The van der Waals surface area contributed by atoms with Gasteiger partial charge in [0.25, 0.3) is 5.56 Å². The topological polar surface area (TPSA) is 70.4 Å². The molecule has 1 heterocycles. The molecule has 0 fully saturated rings. The minimum absolute atomic E-state index is 0.0264. The van der Waals surface area contributed by atoms with Crippen molar-refractivity contribution in [2.45, 2.75) is 6.61 Å². The summed E-state index contributed by atoms with van der Waals surface area (Å²) in [5, 5.41) is 5.42. The van der Waals surface area contributed by atoms with Crippen molar-refractivity contribution in [2.24, 2.45) is 7.05 Å². The first-order valence-electron chi connectivity index (χ1n) is 7.47. The van der Waals surface area contributed by atoms with Crippen LogP contribution >= 0.6 is 11.6 Å². The van der Waals surface area contributed by atoms with E-state index in [1.165, 1.54) is 14.2 Å². The third kappa shape index (κ3) is 3.34.